The van der Waals surface area contributed by atoms with Crippen LogP contribution in [0.4, 0.5) is 11.6 Å². The van der Waals surface area contributed by atoms with Crippen LogP contribution in [0.15, 0.2) is 29.1 Å². The Hall–Kier alpha value is -2.50. The zero-order valence-corrected chi connectivity index (χ0v) is 12.5. The first-order chi connectivity index (χ1) is 9.77. The SMILES string of the molecule is CC(=O)c1cccc(Nc2nnc(C(C)(C)C)c(=O)[nH]2)c1. The summed E-state index contributed by atoms with van der Waals surface area (Å²) >= 11 is 0. The van der Waals surface area contributed by atoms with Crippen LogP contribution in [0, 0.1) is 0 Å². The summed E-state index contributed by atoms with van der Waals surface area (Å²) in [6.45, 7) is 7.19. The molecule has 2 N–H and O–H groups in total. The molecule has 0 saturated heterocycles. The summed E-state index contributed by atoms with van der Waals surface area (Å²) in [6, 6.07) is 6.96. The highest BCUT2D eigenvalue weighted by Gasteiger charge is 2.20. The van der Waals surface area contributed by atoms with Gasteiger partial charge in [0.1, 0.15) is 5.69 Å². The summed E-state index contributed by atoms with van der Waals surface area (Å²) in [7, 11) is 0. The van der Waals surface area contributed by atoms with Crippen LogP contribution in [0.2, 0.25) is 0 Å². The minimum atomic E-state index is -0.367. The van der Waals surface area contributed by atoms with Crippen molar-refractivity contribution in [3.63, 3.8) is 0 Å². The fourth-order valence-electron chi connectivity index (χ4n) is 1.84. The second-order valence-electron chi connectivity index (χ2n) is 5.86. The number of anilines is 2. The van der Waals surface area contributed by atoms with E-state index in [4.69, 9.17) is 0 Å². The molecular formula is C15H18N4O2. The molecule has 2 aromatic rings. The van der Waals surface area contributed by atoms with E-state index in [-0.39, 0.29) is 22.7 Å². The van der Waals surface area contributed by atoms with Crippen molar-refractivity contribution in [3.8, 4) is 0 Å². The van der Waals surface area contributed by atoms with Crippen molar-refractivity contribution in [3.05, 3.63) is 45.9 Å². The number of rotatable bonds is 3. The molecule has 110 valence electrons. The zero-order valence-electron chi connectivity index (χ0n) is 12.5. The number of Topliss-reactive ketones (excluding diaryl/α,β-unsaturated/α-hetero) is 1. The molecule has 0 radical (unpaired) electrons. The molecule has 0 fully saturated rings. The van der Waals surface area contributed by atoms with Crippen LogP contribution in [0.25, 0.3) is 0 Å². The van der Waals surface area contributed by atoms with Crippen LogP contribution in [0.1, 0.15) is 43.7 Å². The molecule has 0 unspecified atom stereocenters. The minimum Gasteiger partial charge on any atom is -0.324 e. The smallest absolute Gasteiger partial charge is 0.274 e. The quantitative estimate of drug-likeness (QED) is 0.846. The Morgan fingerprint density at radius 3 is 2.52 bits per heavy atom. The molecule has 0 saturated carbocycles. The number of aromatic nitrogens is 3. The molecule has 0 spiro atoms. The summed E-state index contributed by atoms with van der Waals surface area (Å²) < 4.78 is 0. The van der Waals surface area contributed by atoms with Crippen molar-refractivity contribution >= 4 is 17.4 Å². The Morgan fingerprint density at radius 1 is 1.24 bits per heavy atom. The third-order valence-electron chi connectivity index (χ3n) is 2.94. The molecule has 0 bridgehead atoms. The van der Waals surface area contributed by atoms with Gasteiger partial charge in [0.05, 0.1) is 0 Å². The molecule has 1 aromatic carbocycles. The molecule has 0 aliphatic rings. The number of hydrogen-bond donors (Lipinski definition) is 2. The van der Waals surface area contributed by atoms with E-state index in [1.165, 1.54) is 6.92 Å². The second-order valence-corrected chi connectivity index (χ2v) is 5.86. The predicted molar refractivity (Wildman–Crippen MR) is 81.1 cm³/mol. The Bertz CT molecular complexity index is 729. The van der Waals surface area contributed by atoms with Gasteiger partial charge in [-0.1, -0.05) is 32.9 Å². The van der Waals surface area contributed by atoms with Gasteiger partial charge in [-0.05, 0) is 19.1 Å². The number of ketones is 1. The lowest BCUT2D eigenvalue weighted by molar-refractivity contribution is 0.101. The first kappa shape index (κ1) is 14.9. The van der Waals surface area contributed by atoms with E-state index in [1.54, 1.807) is 24.3 Å². The van der Waals surface area contributed by atoms with E-state index >= 15 is 0 Å². The third-order valence-corrected chi connectivity index (χ3v) is 2.94. The topological polar surface area (TPSA) is 87.7 Å². The zero-order chi connectivity index (χ0) is 15.6. The van der Waals surface area contributed by atoms with E-state index in [0.717, 1.165) is 0 Å². The van der Waals surface area contributed by atoms with Crippen LogP contribution in [0.5, 0.6) is 0 Å². The summed E-state index contributed by atoms with van der Waals surface area (Å²) in [4.78, 5) is 26.0. The largest absolute Gasteiger partial charge is 0.324 e. The highest BCUT2D eigenvalue weighted by atomic mass is 16.1. The molecule has 0 aliphatic carbocycles. The lowest BCUT2D eigenvalue weighted by Crippen LogP contribution is -2.28. The number of H-pyrrole nitrogens is 1. The Balaban J connectivity index is 2.29. The van der Waals surface area contributed by atoms with Crippen molar-refractivity contribution < 1.29 is 4.79 Å². The third kappa shape index (κ3) is 3.53. The van der Waals surface area contributed by atoms with Gasteiger partial charge in [0.15, 0.2) is 5.78 Å². The van der Waals surface area contributed by atoms with Crippen LogP contribution in [-0.4, -0.2) is 21.0 Å². The normalized spacial score (nSPS) is 11.2. The van der Waals surface area contributed by atoms with Crippen LogP contribution in [-0.2, 0) is 5.41 Å². The number of hydrogen-bond acceptors (Lipinski definition) is 5. The molecule has 6 heteroatoms. The van der Waals surface area contributed by atoms with Gasteiger partial charge in [0.2, 0.25) is 5.95 Å². The highest BCUT2D eigenvalue weighted by molar-refractivity contribution is 5.95. The molecule has 0 amide bonds. The van der Waals surface area contributed by atoms with Gasteiger partial charge < -0.3 is 5.32 Å². The van der Waals surface area contributed by atoms with Gasteiger partial charge in [0, 0.05) is 16.7 Å². The standard InChI is InChI=1S/C15H18N4O2/c1-9(20)10-6-5-7-11(8-10)16-14-17-13(21)12(18-19-14)15(2,3)4/h5-8H,1-4H3,(H2,16,17,19,21). The molecule has 0 aliphatic heterocycles. The average Bonchev–Trinajstić information content (AvgIpc) is 2.37. The summed E-state index contributed by atoms with van der Waals surface area (Å²) in [5.74, 6) is 0.218. The van der Waals surface area contributed by atoms with Crippen molar-refractivity contribution in [2.75, 3.05) is 5.32 Å². The molecule has 6 nitrogen and oxygen atoms in total. The molecule has 2 rings (SSSR count). The molecular weight excluding hydrogens is 268 g/mol. The Labute approximate surface area is 122 Å². The monoisotopic (exact) mass is 286 g/mol. The Kier molecular flexibility index (Phi) is 3.88. The number of aromatic amines is 1. The van der Waals surface area contributed by atoms with E-state index in [0.29, 0.717) is 16.9 Å². The summed E-state index contributed by atoms with van der Waals surface area (Å²) in [5, 5.41) is 10.9. The lowest BCUT2D eigenvalue weighted by Gasteiger charge is -2.15. The Morgan fingerprint density at radius 2 is 1.95 bits per heavy atom. The first-order valence-corrected chi connectivity index (χ1v) is 6.63. The number of carbonyl (C=O) groups excluding carboxylic acids is 1. The van der Waals surface area contributed by atoms with Crippen LogP contribution < -0.4 is 10.9 Å². The second kappa shape index (κ2) is 5.47. The molecule has 1 heterocycles. The number of carbonyl (C=O) groups is 1. The van der Waals surface area contributed by atoms with Crippen molar-refractivity contribution in [1.82, 2.24) is 15.2 Å². The van der Waals surface area contributed by atoms with Gasteiger partial charge in [-0.2, -0.15) is 0 Å². The minimum absolute atomic E-state index is 0.0266. The molecule has 1 aromatic heterocycles. The van der Waals surface area contributed by atoms with Gasteiger partial charge in [0.25, 0.3) is 5.56 Å². The van der Waals surface area contributed by atoms with Crippen molar-refractivity contribution in [1.29, 1.82) is 0 Å². The molecule has 0 atom stereocenters. The highest BCUT2D eigenvalue weighted by Crippen LogP contribution is 2.17. The van der Waals surface area contributed by atoms with Crippen LogP contribution in [0.3, 0.4) is 0 Å². The maximum absolute atomic E-state index is 12.0. The van der Waals surface area contributed by atoms with Crippen molar-refractivity contribution in [2.45, 2.75) is 33.1 Å². The lowest BCUT2D eigenvalue weighted by atomic mass is 9.93. The first-order valence-electron chi connectivity index (χ1n) is 6.63. The van der Waals surface area contributed by atoms with Gasteiger partial charge in [-0.25, -0.2) is 0 Å². The molecule has 21 heavy (non-hydrogen) atoms. The average molecular weight is 286 g/mol. The number of nitrogens with zero attached hydrogens (tertiary/aromatic N) is 2. The van der Waals surface area contributed by atoms with Gasteiger partial charge in [-0.3, -0.25) is 14.6 Å². The van der Waals surface area contributed by atoms with E-state index < -0.39 is 0 Å². The van der Waals surface area contributed by atoms with E-state index in [2.05, 4.69) is 20.5 Å². The van der Waals surface area contributed by atoms with E-state index in [9.17, 15) is 9.59 Å². The fraction of sp³-hybridized carbons (Fsp3) is 0.333. The fourth-order valence-corrected chi connectivity index (χ4v) is 1.84. The van der Waals surface area contributed by atoms with Crippen LogP contribution >= 0.6 is 0 Å². The summed E-state index contributed by atoms with van der Waals surface area (Å²) in [6.07, 6.45) is 0. The predicted octanol–water partition coefficient (Wildman–Crippen LogP) is 2.41. The van der Waals surface area contributed by atoms with E-state index in [1.807, 2.05) is 20.8 Å². The van der Waals surface area contributed by atoms with Gasteiger partial charge in [-0.15, -0.1) is 10.2 Å². The van der Waals surface area contributed by atoms with Gasteiger partial charge >= 0.3 is 0 Å². The van der Waals surface area contributed by atoms with Crippen molar-refractivity contribution in [2.24, 2.45) is 0 Å². The maximum Gasteiger partial charge on any atom is 0.274 e. The maximum atomic E-state index is 12.0. The summed E-state index contributed by atoms with van der Waals surface area (Å²) in [5.41, 5.74) is 0.985. The number of benzene rings is 1. The number of nitrogens with one attached hydrogen (secondary N) is 2.